The van der Waals surface area contributed by atoms with Crippen LogP contribution in [-0.4, -0.2) is 15.0 Å². The van der Waals surface area contributed by atoms with Crippen molar-refractivity contribution in [3.8, 4) is 5.75 Å². The number of rotatable bonds is 4. The van der Waals surface area contributed by atoms with Crippen LogP contribution in [0.15, 0.2) is 40.3 Å². The lowest BCUT2D eigenvalue weighted by Crippen LogP contribution is -2.11. The molecule has 0 radical (unpaired) electrons. The highest BCUT2D eigenvalue weighted by atomic mass is 35.5. The monoisotopic (exact) mass is 261 g/mol. The lowest BCUT2D eigenvalue weighted by atomic mass is 10.3. The number of hydrogen-bond acceptors (Lipinski definition) is 3. The third-order valence-corrected chi connectivity index (χ3v) is 3.11. The second-order valence-corrected chi connectivity index (χ2v) is 5.04. The molecule has 0 heterocycles. The Labute approximate surface area is 99.7 Å². The van der Waals surface area contributed by atoms with E-state index in [9.17, 15) is 8.42 Å². The average Bonchev–Trinajstić information content (AvgIpc) is 2.25. The van der Waals surface area contributed by atoms with Crippen molar-refractivity contribution >= 4 is 21.6 Å². The third kappa shape index (κ3) is 3.84. The molecule has 88 valence electrons. The van der Waals surface area contributed by atoms with Gasteiger partial charge in [-0.15, -0.1) is 0 Å². The Balaban J connectivity index is 2.73. The Hall–Kier alpha value is -1.04. The van der Waals surface area contributed by atoms with Crippen molar-refractivity contribution in [3.63, 3.8) is 0 Å². The molecule has 0 aliphatic carbocycles. The highest BCUT2D eigenvalue weighted by Crippen LogP contribution is 2.15. The molecule has 16 heavy (non-hydrogen) atoms. The van der Waals surface area contributed by atoms with Gasteiger partial charge >= 0.3 is 0 Å². The van der Waals surface area contributed by atoms with Gasteiger partial charge in [-0.2, -0.15) is 0 Å². The summed E-state index contributed by atoms with van der Waals surface area (Å²) in [5.41, 5.74) is 2.30. The second-order valence-electron chi connectivity index (χ2n) is 3.26. The molecule has 2 N–H and O–H groups in total. The highest BCUT2D eigenvalue weighted by molar-refractivity contribution is 7.89. The molecular weight excluding hydrogens is 250 g/mol. The molecule has 0 spiro atoms. The van der Waals surface area contributed by atoms with E-state index in [2.05, 4.69) is 0 Å². The largest absolute Gasteiger partial charge is 0.489 e. The van der Waals surface area contributed by atoms with Gasteiger partial charge in [0, 0.05) is 5.54 Å². The van der Waals surface area contributed by atoms with Crippen LogP contribution in [0.1, 0.15) is 6.92 Å². The number of hydrogen-bond donors (Lipinski definition) is 1. The van der Waals surface area contributed by atoms with Crippen LogP contribution in [0.5, 0.6) is 5.75 Å². The van der Waals surface area contributed by atoms with E-state index in [4.69, 9.17) is 21.5 Å². The van der Waals surface area contributed by atoms with Gasteiger partial charge in [-0.05, 0) is 36.8 Å². The summed E-state index contributed by atoms with van der Waals surface area (Å²) in [6.07, 6.45) is 0. The standard InChI is InChI=1S/C10H12ClNO3S/c1-8(6-11)7-15-9-2-4-10(5-3-9)16(12,13)14/h2-6H,7H2,1H3,(H2,12,13,14)/b8-6-. The molecule has 0 aliphatic heterocycles. The van der Waals surface area contributed by atoms with E-state index in [1.54, 1.807) is 12.1 Å². The number of nitrogens with two attached hydrogens (primary N) is 1. The first-order valence-corrected chi connectivity index (χ1v) is 6.43. The molecule has 0 saturated carbocycles. The Morgan fingerprint density at radius 3 is 2.44 bits per heavy atom. The van der Waals surface area contributed by atoms with Crippen LogP contribution >= 0.6 is 11.6 Å². The van der Waals surface area contributed by atoms with Crippen LogP contribution in [0.3, 0.4) is 0 Å². The first-order chi connectivity index (χ1) is 7.43. The van der Waals surface area contributed by atoms with Crippen molar-refractivity contribution in [2.75, 3.05) is 6.61 Å². The van der Waals surface area contributed by atoms with Gasteiger partial charge in [0.15, 0.2) is 0 Å². The Morgan fingerprint density at radius 2 is 2.00 bits per heavy atom. The molecule has 1 aromatic rings. The maximum absolute atomic E-state index is 11.0. The molecule has 0 amide bonds. The van der Waals surface area contributed by atoms with Gasteiger partial charge in [-0.1, -0.05) is 11.6 Å². The maximum Gasteiger partial charge on any atom is 0.238 e. The van der Waals surface area contributed by atoms with Crippen LogP contribution in [0, 0.1) is 0 Å². The van der Waals surface area contributed by atoms with Gasteiger partial charge in [0.2, 0.25) is 10.0 Å². The number of benzene rings is 1. The first-order valence-electron chi connectivity index (χ1n) is 4.45. The number of primary sulfonamides is 1. The van der Waals surface area contributed by atoms with E-state index < -0.39 is 10.0 Å². The molecule has 6 heteroatoms. The van der Waals surface area contributed by atoms with E-state index in [0.717, 1.165) is 5.57 Å². The first kappa shape index (κ1) is 13.0. The Morgan fingerprint density at radius 1 is 1.44 bits per heavy atom. The highest BCUT2D eigenvalue weighted by Gasteiger charge is 2.06. The molecule has 0 unspecified atom stereocenters. The summed E-state index contributed by atoms with van der Waals surface area (Å²) < 4.78 is 27.3. The minimum Gasteiger partial charge on any atom is -0.489 e. The van der Waals surface area contributed by atoms with Crippen molar-refractivity contribution in [1.82, 2.24) is 0 Å². The van der Waals surface area contributed by atoms with Crippen LogP contribution in [0.2, 0.25) is 0 Å². The van der Waals surface area contributed by atoms with Crippen molar-refractivity contribution < 1.29 is 13.2 Å². The topological polar surface area (TPSA) is 69.4 Å². The van der Waals surface area contributed by atoms with Crippen LogP contribution < -0.4 is 9.88 Å². The summed E-state index contributed by atoms with van der Waals surface area (Å²) in [6, 6.07) is 5.87. The molecule has 0 fully saturated rings. The van der Waals surface area contributed by atoms with Crippen molar-refractivity contribution in [2.24, 2.45) is 5.14 Å². The molecule has 0 saturated heterocycles. The van der Waals surface area contributed by atoms with Crippen LogP contribution in [-0.2, 0) is 10.0 Å². The summed E-state index contributed by atoms with van der Waals surface area (Å²) in [6.45, 7) is 2.18. The Bertz CT molecular complexity index is 479. The zero-order chi connectivity index (χ0) is 12.2. The lowest BCUT2D eigenvalue weighted by Gasteiger charge is -2.06. The zero-order valence-electron chi connectivity index (χ0n) is 8.68. The summed E-state index contributed by atoms with van der Waals surface area (Å²) >= 11 is 5.47. The summed E-state index contributed by atoms with van der Waals surface area (Å²) in [5.74, 6) is 0.560. The number of sulfonamides is 1. The van der Waals surface area contributed by atoms with Crippen molar-refractivity contribution in [1.29, 1.82) is 0 Å². The zero-order valence-corrected chi connectivity index (χ0v) is 10.3. The SMILES string of the molecule is C/C(=C/Cl)COc1ccc(S(N)(=O)=O)cc1. The number of halogens is 1. The van der Waals surface area contributed by atoms with Crippen LogP contribution in [0.25, 0.3) is 0 Å². The lowest BCUT2D eigenvalue weighted by molar-refractivity contribution is 0.352. The summed E-state index contributed by atoms with van der Waals surface area (Å²) in [7, 11) is -3.64. The minimum absolute atomic E-state index is 0.0597. The maximum atomic E-state index is 11.0. The molecule has 0 aromatic heterocycles. The van der Waals surface area contributed by atoms with Crippen molar-refractivity contribution in [3.05, 3.63) is 35.4 Å². The fraction of sp³-hybridized carbons (Fsp3) is 0.200. The van der Waals surface area contributed by atoms with Gasteiger partial charge in [0.25, 0.3) is 0 Å². The van der Waals surface area contributed by atoms with Gasteiger partial charge in [-0.25, -0.2) is 13.6 Å². The van der Waals surface area contributed by atoms with E-state index in [1.807, 2.05) is 6.92 Å². The van der Waals surface area contributed by atoms with Crippen molar-refractivity contribution in [2.45, 2.75) is 11.8 Å². The van der Waals surface area contributed by atoms with Gasteiger partial charge in [0.1, 0.15) is 12.4 Å². The molecular formula is C10H12ClNO3S. The minimum atomic E-state index is -3.64. The second kappa shape index (κ2) is 5.34. The van der Waals surface area contributed by atoms with E-state index in [0.29, 0.717) is 12.4 Å². The molecule has 1 aromatic carbocycles. The number of ether oxygens (including phenoxy) is 1. The van der Waals surface area contributed by atoms with Gasteiger partial charge < -0.3 is 4.74 Å². The quantitative estimate of drug-likeness (QED) is 0.899. The van der Waals surface area contributed by atoms with Crippen LogP contribution in [0.4, 0.5) is 0 Å². The summed E-state index contributed by atoms with van der Waals surface area (Å²) in [4.78, 5) is 0.0597. The van der Waals surface area contributed by atoms with E-state index in [1.165, 1.54) is 17.7 Å². The predicted molar refractivity (Wildman–Crippen MR) is 62.9 cm³/mol. The summed E-state index contributed by atoms with van der Waals surface area (Å²) in [5, 5.41) is 4.96. The molecule has 0 atom stereocenters. The fourth-order valence-electron chi connectivity index (χ4n) is 0.954. The van der Waals surface area contributed by atoms with E-state index in [-0.39, 0.29) is 4.90 Å². The molecule has 0 bridgehead atoms. The van der Waals surface area contributed by atoms with Gasteiger partial charge in [0.05, 0.1) is 4.90 Å². The predicted octanol–water partition coefficient (Wildman–Crippen LogP) is 1.86. The van der Waals surface area contributed by atoms with E-state index >= 15 is 0 Å². The smallest absolute Gasteiger partial charge is 0.238 e. The van der Waals surface area contributed by atoms with Gasteiger partial charge in [-0.3, -0.25) is 0 Å². The molecule has 1 rings (SSSR count). The molecule has 0 aliphatic rings. The third-order valence-electron chi connectivity index (χ3n) is 1.81. The molecule has 4 nitrogen and oxygen atoms in total. The Kier molecular flexibility index (Phi) is 4.35. The fourth-order valence-corrected chi connectivity index (χ4v) is 1.53. The average molecular weight is 262 g/mol. The normalized spacial score (nSPS) is 12.6.